The number of benzene rings is 2. The van der Waals surface area contributed by atoms with E-state index in [2.05, 4.69) is 10.3 Å². The Bertz CT molecular complexity index is 944. The van der Waals surface area contributed by atoms with E-state index in [1.54, 1.807) is 11.6 Å². The number of aromatic nitrogens is 3. The minimum atomic E-state index is -0.842. The third kappa shape index (κ3) is 4.59. The summed E-state index contributed by atoms with van der Waals surface area (Å²) in [4.78, 5) is 12.0. The van der Waals surface area contributed by atoms with Crippen molar-refractivity contribution in [1.29, 1.82) is 5.26 Å². The van der Waals surface area contributed by atoms with Crippen LogP contribution in [0.1, 0.15) is 18.1 Å². The van der Waals surface area contributed by atoms with Crippen molar-refractivity contribution in [2.24, 2.45) is 5.92 Å². The van der Waals surface area contributed by atoms with Gasteiger partial charge < -0.3 is 4.74 Å². The van der Waals surface area contributed by atoms with Gasteiger partial charge in [0.2, 0.25) is 0 Å². The predicted octanol–water partition coefficient (Wildman–Crippen LogP) is 3.24. The third-order valence-electron chi connectivity index (χ3n) is 4.17. The molecule has 1 aromatic heterocycles. The molecule has 1 heterocycles. The molecule has 3 aromatic rings. The van der Waals surface area contributed by atoms with Gasteiger partial charge in [0.1, 0.15) is 11.6 Å². The molecule has 6 nitrogen and oxygen atoms in total. The second-order valence-electron chi connectivity index (χ2n) is 6.08. The molecule has 136 valence electrons. The standard InChI is InChI=1S/C21H20N4O2/c1-2-27-21(26)18(13-22)12-17-10-6-7-11-19(17)20-15-25(24-23-20)14-16-8-4-3-5-9-16/h3-11,15,18H,2,12,14H2,1H3. The molecule has 0 amide bonds. The summed E-state index contributed by atoms with van der Waals surface area (Å²) in [5.74, 6) is -1.34. The molecule has 0 bridgehead atoms. The van der Waals surface area contributed by atoms with Gasteiger partial charge in [-0.25, -0.2) is 4.68 Å². The Hall–Kier alpha value is -3.46. The number of hydrogen-bond donors (Lipinski definition) is 0. The van der Waals surface area contributed by atoms with Crippen molar-refractivity contribution in [2.75, 3.05) is 6.61 Å². The molecule has 1 atom stereocenters. The molecule has 0 radical (unpaired) electrons. The van der Waals surface area contributed by atoms with Gasteiger partial charge in [-0.05, 0) is 24.5 Å². The lowest BCUT2D eigenvalue weighted by molar-refractivity contribution is -0.145. The Morgan fingerprint density at radius 3 is 2.67 bits per heavy atom. The fourth-order valence-corrected chi connectivity index (χ4v) is 2.86. The zero-order chi connectivity index (χ0) is 19.1. The van der Waals surface area contributed by atoms with E-state index in [4.69, 9.17) is 4.74 Å². The molecule has 6 heteroatoms. The van der Waals surface area contributed by atoms with E-state index >= 15 is 0 Å². The Morgan fingerprint density at radius 1 is 1.19 bits per heavy atom. The predicted molar refractivity (Wildman–Crippen MR) is 100 cm³/mol. The van der Waals surface area contributed by atoms with E-state index < -0.39 is 11.9 Å². The van der Waals surface area contributed by atoms with Crippen molar-refractivity contribution in [1.82, 2.24) is 15.0 Å². The number of nitriles is 1. The summed E-state index contributed by atoms with van der Waals surface area (Å²) in [6.45, 7) is 2.61. The SMILES string of the molecule is CCOC(=O)C(C#N)Cc1ccccc1-c1cn(Cc2ccccc2)nn1. The van der Waals surface area contributed by atoms with Crippen LogP contribution in [-0.4, -0.2) is 27.6 Å². The highest BCUT2D eigenvalue weighted by Crippen LogP contribution is 2.24. The molecule has 0 N–H and O–H groups in total. The Kier molecular flexibility index (Phi) is 5.95. The van der Waals surface area contributed by atoms with Crippen LogP contribution in [0.25, 0.3) is 11.3 Å². The van der Waals surface area contributed by atoms with Crippen LogP contribution < -0.4 is 0 Å². The topological polar surface area (TPSA) is 80.8 Å². The summed E-state index contributed by atoms with van der Waals surface area (Å²) in [5, 5.41) is 17.8. The van der Waals surface area contributed by atoms with E-state index in [0.29, 0.717) is 12.2 Å². The second-order valence-corrected chi connectivity index (χ2v) is 6.08. The van der Waals surface area contributed by atoms with Gasteiger partial charge in [-0.3, -0.25) is 4.79 Å². The number of hydrogen-bond acceptors (Lipinski definition) is 5. The van der Waals surface area contributed by atoms with Crippen molar-refractivity contribution in [3.8, 4) is 17.3 Å². The molecule has 0 aliphatic heterocycles. The lowest BCUT2D eigenvalue weighted by atomic mass is 9.95. The highest BCUT2D eigenvalue weighted by atomic mass is 16.5. The highest BCUT2D eigenvalue weighted by molar-refractivity contribution is 5.76. The largest absolute Gasteiger partial charge is 0.465 e. The maximum Gasteiger partial charge on any atom is 0.323 e. The summed E-state index contributed by atoms with van der Waals surface area (Å²) < 4.78 is 6.76. The first-order valence-electron chi connectivity index (χ1n) is 8.80. The van der Waals surface area contributed by atoms with Crippen LogP contribution in [0.4, 0.5) is 0 Å². The maximum atomic E-state index is 12.0. The number of carbonyl (C=O) groups excluding carboxylic acids is 1. The minimum absolute atomic E-state index is 0.256. The third-order valence-corrected chi connectivity index (χ3v) is 4.17. The first kappa shape index (κ1) is 18.3. The first-order valence-corrected chi connectivity index (χ1v) is 8.80. The fraction of sp³-hybridized carbons (Fsp3) is 0.238. The second kappa shape index (κ2) is 8.77. The number of rotatable bonds is 7. The lowest BCUT2D eigenvalue weighted by Gasteiger charge is -2.11. The van der Waals surface area contributed by atoms with E-state index in [0.717, 1.165) is 16.7 Å². The van der Waals surface area contributed by atoms with Gasteiger partial charge in [-0.2, -0.15) is 5.26 Å². The molecule has 0 aliphatic rings. The summed E-state index contributed by atoms with van der Waals surface area (Å²) in [5.41, 5.74) is 3.57. The lowest BCUT2D eigenvalue weighted by Crippen LogP contribution is -2.18. The van der Waals surface area contributed by atoms with Crippen LogP contribution in [0.3, 0.4) is 0 Å². The van der Waals surface area contributed by atoms with Gasteiger partial charge >= 0.3 is 5.97 Å². The summed E-state index contributed by atoms with van der Waals surface area (Å²) >= 11 is 0. The average molecular weight is 360 g/mol. The number of ether oxygens (including phenoxy) is 1. The highest BCUT2D eigenvalue weighted by Gasteiger charge is 2.21. The Morgan fingerprint density at radius 2 is 1.93 bits per heavy atom. The van der Waals surface area contributed by atoms with E-state index in [-0.39, 0.29) is 13.0 Å². The van der Waals surface area contributed by atoms with Crippen LogP contribution in [0, 0.1) is 17.2 Å². The minimum Gasteiger partial charge on any atom is -0.465 e. The van der Waals surface area contributed by atoms with Crippen LogP contribution >= 0.6 is 0 Å². The zero-order valence-electron chi connectivity index (χ0n) is 15.1. The van der Waals surface area contributed by atoms with Gasteiger partial charge in [0.25, 0.3) is 0 Å². The van der Waals surface area contributed by atoms with E-state index in [1.165, 1.54) is 0 Å². The molecular weight excluding hydrogens is 340 g/mol. The Balaban J connectivity index is 1.82. The van der Waals surface area contributed by atoms with Crippen molar-refractivity contribution in [3.05, 3.63) is 71.9 Å². The zero-order valence-corrected chi connectivity index (χ0v) is 15.1. The molecule has 2 aromatic carbocycles. The van der Waals surface area contributed by atoms with E-state index in [9.17, 15) is 10.1 Å². The van der Waals surface area contributed by atoms with Crippen molar-refractivity contribution >= 4 is 5.97 Å². The van der Waals surface area contributed by atoms with Gasteiger partial charge in [-0.15, -0.1) is 5.10 Å². The van der Waals surface area contributed by atoms with Crippen LogP contribution in [0.5, 0.6) is 0 Å². The molecule has 0 spiro atoms. The molecule has 27 heavy (non-hydrogen) atoms. The van der Waals surface area contributed by atoms with Crippen molar-refractivity contribution in [3.63, 3.8) is 0 Å². The summed E-state index contributed by atoms with van der Waals surface area (Å²) in [6, 6.07) is 19.7. The first-order chi connectivity index (χ1) is 13.2. The van der Waals surface area contributed by atoms with Gasteiger partial charge in [-0.1, -0.05) is 59.8 Å². The fourth-order valence-electron chi connectivity index (χ4n) is 2.86. The van der Waals surface area contributed by atoms with Crippen LogP contribution in [0.15, 0.2) is 60.8 Å². The molecule has 3 rings (SSSR count). The van der Waals surface area contributed by atoms with Crippen LogP contribution in [0.2, 0.25) is 0 Å². The van der Waals surface area contributed by atoms with Gasteiger partial charge in [0.05, 0.1) is 25.4 Å². The van der Waals surface area contributed by atoms with Gasteiger partial charge in [0.15, 0.2) is 0 Å². The van der Waals surface area contributed by atoms with Crippen molar-refractivity contribution < 1.29 is 9.53 Å². The normalized spacial score (nSPS) is 11.6. The molecule has 1 unspecified atom stereocenters. The maximum absolute atomic E-state index is 12.0. The van der Waals surface area contributed by atoms with E-state index in [1.807, 2.05) is 66.9 Å². The molecule has 0 fully saturated rings. The molecule has 0 saturated carbocycles. The smallest absolute Gasteiger partial charge is 0.323 e. The summed E-state index contributed by atoms with van der Waals surface area (Å²) in [6.07, 6.45) is 2.15. The quantitative estimate of drug-likeness (QED) is 0.604. The molecule has 0 aliphatic carbocycles. The number of carbonyl (C=O) groups is 1. The number of esters is 1. The van der Waals surface area contributed by atoms with Crippen molar-refractivity contribution in [2.45, 2.75) is 19.9 Å². The Labute approximate surface area is 158 Å². The average Bonchev–Trinajstić information content (AvgIpc) is 3.15. The molecule has 0 saturated heterocycles. The van der Waals surface area contributed by atoms with Crippen LogP contribution in [-0.2, 0) is 22.5 Å². The summed E-state index contributed by atoms with van der Waals surface area (Å²) in [7, 11) is 0. The monoisotopic (exact) mass is 360 g/mol. The van der Waals surface area contributed by atoms with Gasteiger partial charge in [0, 0.05) is 5.56 Å². The number of nitrogens with zero attached hydrogens (tertiary/aromatic N) is 4. The molecular formula is C21H20N4O2.